The van der Waals surface area contributed by atoms with E-state index >= 15 is 0 Å². The first-order chi connectivity index (χ1) is 19.6. The summed E-state index contributed by atoms with van der Waals surface area (Å²) >= 11 is 0. The number of carbonyl (C=O) groups is 2. The number of carbonyl (C=O) groups excluding carboxylic acids is 2. The van der Waals surface area contributed by atoms with Crippen molar-refractivity contribution >= 4 is 75.3 Å². The summed E-state index contributed by atoms with van der Waals surface area (Å²) in [5.74, 6) is 0. The molecular formula is C27H58N4O6Si6. The zero-order valence-corrected chi connectivity index (χ0v) is 34.9. The normalized spacial score (nSPS) is 15.1. The van der Waals surface area contributed by atoms with Crippen molar-refractivity contribution in [2.24, 2.45) is 0 Å². The van der Waals surface area contributed by atoms with Gasteiger partial charge in [0.15, 0.2) is 34.7 Å². The summed E-state index contributed by atoms with van der Waals surface area (Å²) in [5.41, 5.74) is 2.15. The summed E-state index contributed by atoms with van der Waals surface area (Å²) in [6, 6.07) is 6.56. The number of hydrogen-bond acceptors (Lipinski definition) is 6. The molecule has 2 atom stereocenters. The minimum atomic E-state index is -2.28. The lowest BCUT2D eigenvalue weighted by Gasteiger charge is -2.35. The minimum Gasteiger partial charge on any atom is -0.437 e. The molecule has 0 aliphatic carbocycles. The van der Waals surface area contributed by atoms with E-state index in [9.17, 15) is 9.59 Å². The zero-order valence-electron chi connectivity index (χ0n) is 28.9. The maximum atomic E-state index is 12.7. The van der Waals surface area contributed by atoms with Crippen LogP contribution in [-0.2, 0) is 16.5 Å². The van der Waals surface area contributed by atoms with Crippen LogP contribution < -0.4 is 21.3 Å². The number of benzene rings is 1. The van der Waals surface area contributed by atoms with Crippen LogP contribution in [0.5, 0.6) is 0 Å². The molecule has 246 valence electrons. The molecule has 0 heterocycles. The van der Waals surface area contributed by atoms with Crippen molar-refractivity contribution in [3.63, 3.8) is 0 Å². The quantitative estimate of drug-likeness (QED) is 0.0936. The van der Waals surface area contributed by atoms with Crippen LogP contribution in [0.25, 0.3) is 0 Å². The largest absolute Gasteiger partial charge is 0.437 e. The van der Waals surface area contributed by atoms with Crippen molar-refractivity contribution in [1.82, 2.24) is 10.6 Å². The fourth-order valence-electron chi connectivity index (χ4n) is 4.80. The van der Waals surface area contributed by atoms with Crippen molar-refractivity contribution in [3.8, 4) is 0 Å². The highest BCUT2D eigenvalue weighted by Gasteiger charge is 2.38. The SMILES string of the molecule is Cc1ccc(NC(=O)NCCC[Si](C)(O[Si](C)C)O[Si](C)(C)C)cc1NC(=O)NCCC[Si](C)(O[Si](C)C)O[Si](C)(C)C. The Hall–Kier alpha value is -1.10. The molecular weight excluding hydrogens is 645 g/mol. The Morgan fingerprint density at radius 1 is 0.698 bits per heavy atom. The first-order valence-corrected chi connectivity index (χ1v) is 31.9. The molecule has 0 saturated carbocycles. The Morgan fingerprint density at radius 2 is 1.12 bits per heavy atom. The fourth-order valence-corrected chi connectivity index (χ4v) is 26.4. The second kappa shape index (κ2) is 17.6. The molecule has 16 heteroatoms. The van der Waals surface area contributed by atoms with Gasteiger partial charge in [-0.3, -0.25) is 0 Å². The molecule has 0 aliphatic rings. The Morgan fingerprint density at radius 3 is 1.51 bits per heavy atom. The second-order valence-electron chi connectivity index (χ2n) is 13.7. The van der Waals surface area contributed by atoms with Gasteiger partial charge < -0.3 is 37.7 Å². The third-order valence-corrected chi connectivity index (χ3v) is 23.4. The van der Waals surface area contributed by atoms with Crippen LogP contribution in [-0.4, -0.2) is 77.0 Å². The molecule has 43 heavy (non-hydrogen) atoms. The van der Waals surface area contributed by atoms with Gasteiger partial charge in [0.2, 0.25) is 0 Å². The van der Waals surface area contributed by atoms with E-state index in [4.69, 9.17) is 16.5 Å². The minimum absolute atomic E-state index is 0.283. The highest BCUT2D eigenvalue weighted by Crippen LogP contribution is 2.24. The third kappa shape index (κ3) is 18.5. The van der Waals surface area contributed by atoms with Crippen LogP contribution in [0.1, 0.15) is 18.4 Å². The van der Waals surface area contributed by atoms with Crippen LogP contribution in [0.4, 0.5) is 21.0 Å². The van der Waals surface area contributed by atoms with Gasteiger partial charge in [-0.25, -0.2) is 9.59 Å². The second-order valence-corrected chi connectivity index (χ2v) is 34.6. The maximum absolute atomic E-state index is 12.7. The van der Waals surface area contributed by atoms with E-state index in [0.717, 1.165) is 30.5 Å². The number of nitrogens with one attached hydrogen (secondary N) is 4. The van der Waals surface area contributed by atoms with Crippen LogP contribution in [0.15, 0.2) is 18.2 Å². The number of amides is 4. The molecule has 0 saturated heterocycles. The molecule has 0 bridgehead atoms. The lowest BCUT2D eigenvalue weighted by molar-refractivity contribution is 0.251. The van der Waals surface area contributed by atoms with Crippen LogP contribution in [0.3, 0.4) is 0 Å². The molecule has 0 fully saturated rings. The predicted molar refractivity (Wildman–Crippen MR) is 193 cm³/mol. The van der Waals surface area contributed by atoms with Crippen molar-refractivity contribution in [2.45, 2.75) is 110 Å². The van der Waals surface area contributed by atoms with Crippen molar-refractivity contribution in [3.05, 3.63) is 23.8 Å². The average molecular weight is 703 g/mol. The summed E-state index contributed by atoms with van der Waals surface area (Å²) in [4.78, 5) is 25.3. The van der Waals surface area contributed by atoms with Crippen molar-refractivity contribution in [2.75, 3.05) is 23.7 Å². The fraction of sp³-hybridized carbons (Fsp3) is 0.704. The van der Waals surface area contributed by atoms with Crippen molar-refractivity contribution in [1.29, 1.82) is 0 Å². The van der Waals surface area contributed by atoms with E-state index in [0.29, 0.717) is 24.5 Å². The molecule has 1 aromatic carbocycles. The van der Waals surface area contributed by atoms with E-state index in [1.807, 2.05) is 19.1 Å². The summed E-state index contributed by atoms with van der Waals surface area (Å²) < 4.78 is 25.6. The van der Waals surface area contributed by atoms with Gasteiger partial charge in [0.1, 0.15) is 0 Å². The number of aryl methyl sites for hydroxylation is 1. The molecule has 1 rings (SSSR count). The number of urea groups is 2. The lowest BCUT2D eigenvalue weighted by Crippen LogP contribution is -2.49. The third-order valence-electron chi connectivity index (χ3n) is 5.81. The number of hydrogen-bond donors (Lipinski definition) is 4. The van der Waals surface area contributed by atoms with Gasteiger partial charge in [-0.1, -0.05) is 6.07 Å². The van der Waals surface area contributed by atoms with Gasteiger partial charge in [0, 0.05) is 24.5 Å². The lowest BCUT2D eigenvalue weighted by atomic mass is 10.2. The highest BCUT2D eigenvalue weighted by atomic mass is 28.5. The van der Waals surface area contributed by atoms with Gasteiger partial charge in [-0.2, -0.15) is 0 Å². The molecule has 0 spiro atoms. The first-order valence-electron chi connectivity index (χ1n) is 15.2. The van der Waals surface area contributed by atoms with Crippen molar-refractivity contribution < 1.29 is 26.0 Å². The molecule has 0 aliphatic heterocycles. The van der Waals surface area contributed by atoms with Gasteiger partial charge in [-0.05, 0) is 128 Å². The van der Waals surface area contributed by atoms with Gasteiger partial charge in [0.05, 0.1) is 0 Å². The van der Waals surface area contributed by atoms with Gasteiger partial charge in [0.25, 0.3) is 0 Å². The first kappa shape index (κ1) is 39.9. The molecule has 0 aromatic heterocycles. The Bertz CT molecular complexity index is 1040. The summed E-state index contributed by atoms with van der Waals surface area (Å²) in [6.07, 6.45) is 1.57. The standard InChI is InChI=1S/C27H58N4O6Si6/c1-23-16-17-24(30-26(32)28-18-14-20-42(12,34-38(2)3)36-40(6,7)8)22-25(23)31-27(33)29-19-15-21-43(13,35-39(4)5)37-41(9,10)11/h16-17,22H,14-15,18-21H2,1-13H3,(H2,28,30,32)(H2,29,31,33). The molecule has 4 amide bonds. The molecule has 4 N–H and O–H groups in total. The van der Waals surface area contributed by atoms with E-state index in [-0.39, 0.29) is 12.1 Å². The molecule has 1 aromatic rings. The van der Waals surface area contributed by atoms with Crippen LogP contribution in [0, 0.1) is 6.92 Å². The van der Waals surface area contributed by atoms with E-state index in [2.05, 4.69) is 99.8 Å². The monoisotopic (exact) mass is 702 g/mol. The van der Waals surface area contributed by atoms with Gasteiger partial charge >= 0.3 is 29.2 Å². The summed E-state index contributed by atoms with van der Waals surface area (Å²) in [5, 5.41) is 11.7. The highest BCUT2D eigenvalue weighted by molar-refractivity contribution is 6.85. The topological polar surface area (TPSA) is 119 Å². The van der Waals surface area contributed by atoms with Crippen LogP contribution in [0.2, 0.25) is 90.7 Å². The molecule has 2 unspecified atom stereocenters. The number of anilines is 2. The smallest absolute Gasteiger partial charge is 0.319 e. The van der Waals surface area contributed by atoms with E-state index in [1.54, 1.807) is 6.07 Å². The predicted octanol–water partition coefficient (Wildman–Crippen LogP) is 7.40. The Balaban J connectivity index is 2.59. The van der Waals surface area contributed by atoms with Crippen LogP contribution >= 0.6 is 0 Å². The molecule has 2 radical (unpaired) electrons. The average Bonchev–Trinajstić information content (AvgIpc) is 2.78. The van der Waals surface area contributed by atoms with Gasteiger partial charge in [-0.15, -0.1) is 0 Å². The molecule has 10 nitrogen and oxygen atoms in total. The zero-order chi connectivity index (χ0) is 33.1. The Labute approximate surface area is 269 Å². The van der Waals surface area contributed by atoms with E-state index in [1.165, 1.54) is 0 Å². The summed E-state index contributed by atoms with van der Waals surface area (Å²) in [6.45, 7) is 28.9. The maximum Gasteiger partial charge on any atom is 0.319 e. The summed E-state index contributed by atoms with van der Waals surface area (Å²) in [7, 11) is -9.78. The number of rotatable bonds is 18. The Kier molecular flexibility index (Phi) is 16.3. The van der Waals surface area contributed by atoms with E-state index < -0.39 is 51.8 Å².